The minimum absolute atomic E-state index is 0.134. The number of anilines is 2. The van der Waals surface area contributed by atoms with Crippen LogP contribution in [-0.4, -0.2) is 57.7 Å². The van der Waals surface area contributed by atoms with E-state index >= 15 is 0 Å². The van der Waals surface area contributed by atoms with Crippen LogP contribution in [0.5, 0.6) is 0 Å². The van der Waals surface area contributed by atoms with Crippen LogP contribution in [0, 0.1) is 0 Å². The SMILES string of the molecule is Nc1ncnc2c1c(-c1ccc(NC(=O)c3ccccc3)cc1)cn2[C@H]1CCN(C[C@@H]2CO2)C1. The number of ether oxygens (including phenoxy) is 1. The molecule has 1 amide bonds. The Bertz CT molecular complexity index is 1330. The predicted molar refractivity (Wildman–Crippen MR) is 132 cm³/mol. The van der Waals surface area contributed by atoms with Crippen molar-refractivity contribution in [3.63, 3.8) is 0 Å². The number of nitrogens with two attached hydrogens (primary N) is 1. The second-order valence-corrected chi connectivity index (χ2v) is 8.96. The molecule has 2 aromatic heterocycles. The van der Waals surface area contributed by atoms with Crippen molar-refractivity contribution in [1.82, 2.24) is 19.4 Å². The number of hydrogen-bond donors (Lipinski definition) is 2. The Morgan fingerprint density at radius 2 is 1.91 bits per heavy atom. The Kier molecular flexibility index (Phi) is 5.24. The number of fused-ring (bicyclic) bond motifs is 1. The maximum absolute atomic E-state index is 12.5. The van der Waals surface area contributed by atoms with Crippen LogP contribution in [0.25, 0.3) is 22.2 Å². The number of rotatable bonds is 6. The van der Waals surface area contributed by atoms with Crippen LogP contribution >= 0.6 is 0 Å². The average Bonchev–Trinajstić information content (AvgIpc) is 3.41. The van der Waals surface area contributed by atoms with Crippen LogP contribution in [0.4, 0.5) is 11.5 Å². The predicted octanol–water partition coefficient (Wildman–Crippen LogP) is 3.58. The summed E-state index contributed by atoms with van der Waals surface area (Å²) in [4.78, 5) is 23.8. The third-order valence-corrected chi connectivity index (χ3v) is 6.63. The topological polar surface area (TPSA) is 102 Å². The van der Waals surface area contributed by atoms with Gasteiger partial charge in [-0.05, 0) is 36.2 Å². The number of hydrogen-bond acceptors (Lipinski definition) is 6. The molecular weight excluding hydrogens is 428 g/mol. The fraction of sp³-hybridized carbons (Fsp3) is 0.269. The molecule has 2 aliphatic rings. The van der Waals surface area contributed by atoms with Crippen molar-refractivity contribution in [3.8, 4) is 11.1 Å². The molecule has 8 heteroatoms. The monoisotopic (exact) mass is 454 g/mol. The molecule has 4 heterocycles. The van der Waals surface area contributed by atoms with E-state index in [0.717, 1.165) is 60.5 Å². The van der Waals surface area contributed by atoms with Gasteiger partial charge >= 0.3 is 0 Å². The normalized spacial score (nSPS) is 20.0. The lowest BCUT2D eigenvalue weighted by Gasteiger charge is -2.16. The summed E-state index contributed by atoms with van der Waals surface area (Å²) in [5, 5.41) is 3.82. The van der Waals surface area contributed by atoms with Crippen molar-refractivity contribution in [2.24, 2.45) is 0 Å². The van der Waals surface area contributed by atoms with Gasteiger partial charge in [0, 0.05) is 48.7 Å². The van der Waals surface area contributed by atoms with Crippen LogP contribution in [0.3, 0.4) is 0 Å². The van der Waals surface area contributed by atoms with Gasteiger partial charge in [0.15, 0.2) is 0 Å². The second-order valence-electron chi connectivity index (χ2n) is 8.96. The summed E-state index contributed by atoms with van der Waals surface area (Å²) in [6, 6.07) is 17.3. The lowest BCUT2D eigenvalue weighted by Crippen LogP contribution is -2.25. The van der Waals surface area contributed by atoms with E-state index in [9.17, 15) is 4.79 Å². The van der Waals surface area contributed by atoms with Crippen molar-refractivity contribution in [3.05, 3.63) is 72.7 Å². The molecular formula is C26H26N6O2. The second kappa shape index (κ2) is 8.55. The molecule has 2 atom stereocenters. The van der Waals surface area contributed by atoms with Gasteiger partial charge in [-0.3, -0.25) is 9.69 Å². The van der Waals surface area contributed by atoms with Crippen LogP contribution in [0.2, 0.25) is 0 Å². The number of nitrogens with one attached hydrogen (secondary N) is 1. The van der Waals surface area contributed by atoms with Crippen molar-refractivity contribution >= 4 is 28.4 Å². The van der Waals surface area contributed by atoms with Gasteiger partial charge in [0.1, 0.15) is 17.8 Å². The molecule has 0 aliphatic carbocycles. The van der Waals surface area contributed by atoms with E-state index in [0.29, 0.717) is 23.5 Å². The van der Waals surface area contributed by atoms with Crippen LogP contribution in [0.1, 0.15) is 22.8 Å². The summed E-state index contributed by atoms with van der Waals surface area (Å²) in [6.07, 6.45) is 5.14. The van der Waals surface area contributed by atoms with Gasteiger partial charge in [0.25, 0.3) is 5.91 Å². The number of amides is 1. The molecule has 3 N–H and O–H groups in total. The molecule has 34 heavy (non-hydrogen) atoms. The summed E-state index contributed by atoms with van der Waals surface area (Å²) in [5.74, 6) is 0.339. The zero-order chi connectivity index (χ0) is 23.1. The summed E-state index contributed by atoms with van der Waals surface area (Å²) >= 11 is 0. The summed E-state index contributed by atoms with van der Waals surface area (Å²) < 4.78 is 7.66. The van der Waals surface area contributed by atoms with Crippen molar-refractivity contribution in [2.75, 3.05) is 37.3 Å². The molecule has 0 radical (unpaired) electrons. The number of carbonyl (C=O) groups excluding carboxylic acids is 1. The molecule has 2 saturated heterocycles. The minimum Gasteiger partial charge on any atom is -0.383 e. The standard InChI is InChI=1S/C26H26N6O2/c27-24-23-22(17-6-8-19(9-7-17)30-26(33)18-4-2-1-3-5-18)14-32(25(23)29-16-28-24)20-10-11-31(12-20)13-21-15-34-21/h1-9,14,16,20-21H,10-13,15H2,(H,30,33)(H2,27,28,29)/t20-,21+/m0/s1. The Balaban J connectivity index is 1.28. The van der Waals surface area contributed by atoms with Crippen LogP contribution in [-0.2, 0) is 4.74 Å². The van der Waals surface area contributed by atoms with E-state index in [1.165, 1.54) is 6.33 Å². The Hall–Kier alpha value is -3.75. The fourth-order valence-electron chi connectivity index (χ4n) is 4.80. The van der Waals surface area contributed by atoms with Gasteiger partial charge in [-0.1, -0.05) is 30.3 Å². The van der Waals surface area contributed by atoms with Gasteiger partial charge in [-0.2, -0.15) is 0 Å². The number of epoxide rings is 1. The summed E-state index contributed by atoms with van der Waals surface area (Å²) in [6.45, 7) is 3.90. The summed E-state index contributed by atoms with van der Waals surface area (Å²) in [5.41, 5.74) is 10.5. The minimum atomic E-state index is -0.134. The third-order valence-electron chi connectivity index (χ3n) is 6.63. The van der Waals surface area contributed by atoms with E-state index in [1.54, 1.807) is 12.1 Å². The summed E-state index contributed by atoms with van der Waals surface area (Å²) in [7, 11) is 0. The number of carbonyl (C=O) groups is 1. The molecule has 0 spiro atoms. The molecule has 0 unspecified atom stereocenters. The van der Waals surface area contributed by atoms with E-state index < -0.39 is 0 Å². The molecule has 8 nitrogen and oxygen atoms in total. The lowest BCUT2D eigenvalue weighted by atomic mass is 10.1. The highest BCUT2D eigenvalue weighted by Crippen LogP contribution is 2.36. The van der Waals surface area contributed by atoms with Crippen LogP contribution < -0.4 is 11.1 Å². The first-order chi connectivity index (χ1) is 16.7. The Labute approximate surface area is 197 Å². The first-order valence-corrected chi connectivity index (χ1v) is 11.6. The van der Waals surface area contributed by atoms with Gasteiger partial charge in [0.05, 0.1) is 18.1 Å². The lowest BCUT2D eigenvalue weighted by molar-refractivity contribution is 0.102. The molecule has 172 valence electrons. The third kappa shape index (κ3) is 4.02. The fourth-order valence-corrected chi connectivity index (χ4v) is 4.80. The van der Waals surface area contributed by atoms with E-state index in [4.69, 9.17) is 10.5 Å². The maximum Gasteiger partial charge on any atom is 0.255 e. The maximum atomic E-state index is 12.5. The molecule has 6 rings (SSSR count). The zero-order valence-electron chi connectivity index (χ0n) is 18.7. The molecule has 2 aromatic carbocycles. The van der Waals surface area contributed by atoms with Crippen LogP contribution in [0.15, 0.2) is 67.1 Å². The highest BCUT2D eigenvalue weighted by Gasteiger charge is 2.32. The number of nitrogen functional groups attached to an aromatic ring is 1. The number of aromatic nitrogens is 3. The van der Waals surface area contributed by atoms with E-state index in [2.05, 4.69) is 30.9 Å². The molecule has 2 aliphatic heterocycles. The molecule has 0 bridgehead atoms. The Morgan fingerprint density at radius 1 is 1.12 bits per heavy atom. The van der Waals surface area contributed by atoms with Gasteiger partial charge in [-0.25, -0.2) is 9.97 Å². The first kappa shape index (κ1) is 20.8. The molecule has 2 fully saturated rings. The van der Waals surface area contributed by atoms with Gasteiger partial charge in [0.2, 0.25) is 0 Å². The van der Waals surface area contributed by atoms with E-state index in [1.807, 2.05) is 42.5 Å². The zero-order valence-corrected chi connectivity index (χ0v) is 18.7. The van der Waals surface area contributed by atoms with Crippen molar-refractivity contribution in [1.29, 1.82) is 0 Å². The van der Waals surface area contributed by atoms with Gasteiger partial charge < -0.3 is 20.4 Å². The van der Waals surface area contributed by atoms with Crippen molar-refractivity contribution in [2.45, 2.75) is 18.6 Å². The molecule has 0 saturated carbocycles. The first-order valence-electron chi connectivity index (χ1n) is 11.6. The highest BCUT2D eigenvalue weighted by atomic mass is 16.6. The van der Waals surface area contributed by atoms with E-state index in [-0.39, 0.29) is 5.91 Å². The number of nitrogens with zero attached hydrogens (tertiary/aromatic N) is 4. The average molecular weight is 455 g/mol. The quantitative estimate of drug-likeness (QED) is 0.432. The van der Waals surface area contributed by atoms with Crippen molar-refractivity contribution < 1.29 is 9.53 Å². The number of likely N-dealkylation sites (tertiary alicyclic amines) is 1. The molecule has 4 aromatic rings. The largest absolute Gasteiger partial charge is 0.383 e. The highest BCUT2D eigenvalue weighted by molar-refractivity contribution is 6.05. The Morgan fingerprint density at radius 3 is 2.68 bits per heavy atom. The number of benzene rings is 2. The van der Waals surface area contributed by atoms with Gasteiger partial charge in [-0.15, -0.1) is 0 Å². The smallest absolute Gasteiger partial charge is 0.255 e.